The Labute approximate surface area is 158 Å². The molecule has 0 aliphatic rings. The number of hydrogen-bond acceptors (Lipinski definition) is 2. The monoisotopic (exact) mass is 355 g/mol. The van der Waals surface area contributed by atoms with Crippen molar-refractivity contribution in [1.29, 1.82) is 0 Å². The van der Waals surface area contributed by atoms with E-state index in [0.717, 1.165) is 45.8 Å². The average molecular weight is 355 g/mol. The molecule has 134 valence electrons. The van der Waals surface area contributed by atoms with Gasteiger partial charge in [0.25, 0.3) is 0 Å². The maximum Gasteiger partial charge on any atom is 0.197 e. The van der Waals surface area contributed by atoms with Crippen LogP contribution in [-0.2, 0) is 6.54 Å². The van der Waals surface area contributed by atoms with Gasteiger partial charge in [0.2, 0.25) is 0 Å². The Bertz CT molecular complexity index is 1140. The van der Waals surface area contributed by atoms with Crippen molar-refractivity contribution in [2.24, 2.45) is 0 Å². The number of ether oxygens (including phenoxy) is 1. The Morgan fingerprint density at radius 1 is 0.815 bits per heavy atom. The summed E-state index contributed by atoms with van der Waals surface area (Å²) in [4.78, 5) is 13.1. The molecule has 0 N–H and O–H groups in total. The molecule has 0 amide bonds. The lowest BCUT2D eigenvalue weighted by Crippen LogP contribution is -2.15. The summed E-state index contributed by atoms with van der Waals surface area (Å²) in [6.45, 7) is 4.93. The predicted octanol–water partition coefficient (Wildman–Crippen LogP) is 5.79. The third kappa shape index (κ3) is 3.13. The lowest BCUT2D eigenvalue weighted by molar-refractivity contribution is 0.483. The highest BCUT2D eigenvalue weighted by Gasteiger charge is 2.14. The molecule has 0 unspecified atom stereocenters. The van der Waals surface area contributed by atoms with E-state index in [1.807, 2.05) is 85.8 Å². The van der Waals surface area contributed by atoms with Crippen LogP contribution in [0.3, 0.4) is 0 Å². The zero-order valence-electron chi connectivity index (χ0n) is 15.5. The maximum atomic E-state index is 13.1. The van der Waals surface area contributed by atoms with Crippen LogP contribution in [0, 0.1) is 6.92 Å². The molecule has 3 nitrogen and oxygen atoms in total. The molecule has 3 heteroatoms. The Kier molecular flexibility index (Phi) is 4.51. The summed E-state index contributed by atoms with van der Waals surface area (Å²) in [7, 11) is 0. The van der Waals surface area contributed by atoms with Gasteiger partial charge in [-0.05, 0) is 55.8 Å². The zero-order valence-corrected chi connectivity index (χ0v) is 15.5. The molecule has 0 saturated heterocycles. The van der Waals surface area contributed by atoms with Crippen LogP contribution in [0.4, 0.5) is 0 Å². The molecule has 0 spiro atoms. The number of aromatic nitrogens is 1. The SMILES string of the molecule is CCn1c(C)c(-c2ccc(Oc3ccccc3)cc2)c(=O)c2ccccc21. The second kappa shape index (κ2) is 7.12. The van der Waals surface area contributed by atoms with Crippen molar-refractivity contribution in [2.45, 2.75) is 20.4 Å². The molecule has 1 heterocycles. The van der Waals surface area contributed by atoms with Crippen LogP contribution < -0.4 is 10.2 Å². The largest absolute Gasteiger partial charge is 0.457 e. The van der Waals surface area contributed by atoms with Crippen LogP contribution in [0.15, 0.2) is 83.7 Å². The minimum Gasteiger partial charge on any atom is -0.457 e. The maximum absolute atomic E-state index is 13.1. The molecule has 27 heavy (non-hydrogen) atoms. The molecule has 1 aromatic heterocycles. The van der Waals surface area contributed by atoms with E-state index in [0.29, 0.717) is 0 Å². The second-order valence-electron chi connectivity index (χ2n) is 6.49. The smallest absolute Gasteiger partial charge is 0.197 e. The van der Waals surface area contributed by atoms with Crippen molar-refractivity contribution < 1.29 is 4.74 Å². The van der Waals surface area contributed by atoms with Crippen molar-refractivity contribution in [3.05, 3.63) is 94.8 Å². The van der Waals surface area contributed by atoms with Crippen molar-refractivity contribution in [3.8, 4) is 22.6 Å². The Morgan fingerprint density at radius 2 is 1.44 bits per heavy atom. The van der Waals surface area contributed by atoms with Crippen LogP contribution in [0.25, 0.3) is 22.0 Å². The lowest BCUT2D eigenvalue weighted by atomic mass is 10.0. The number of aryl methyl sites for hydroxylation is 1. The Hall–Kier alpha value is -3.33. The van der Waals surface area contributed by atoms with Gasteiger partial charge in [-0.25, -0.2) is 0 Å². The van der Waals surface area contributed by atoms with Crippen molar-refractivity contribution >= 4 is 10.9 Å². The quantitative estimate of drug-likeness (QED) is 0.464. The van der Waals surface area contributed by atoms with Gasteiger partial charge in [0.15, 0.2) is 5.43 Å². The fourth-order valence-electron chi connectivity index (χ4n) is 3.58. The molecule has 0 aliphatic heterocycles. The van der Waals surface area contributed by atoms with E-state index < -0.39 is 0 Å². The van der Waals surface area contributed by atoms with E-state index >= 15 is 0 Å². The van der Waals surface area contributed by atoms with Crippen molar-refractivity contribution in [1.82, 2.24) is 4.57 Å². The predicted molar refractivity (Wildman–Crippen MR) is 111 cm³/mol. The number of fused-ring (bicyclic) bond motifs is 1. The highest BCUT2D eigenvalue weighted by atomic mass is 16.5. The summed E-state index contributed by atoms with van der Waals surface area (Å²) in [6.07, 6.45) is 0. The third-order valence-electron chi connectivity index (χ3n) is 4.87. The van der Waals surface area contributed by atoms with Gasteiger partial charge in [-0.3, -0.25) is 4.79 Å². The molecule has 4 aromatic rings. The number of nitrogens with zero attached hydrogens (tertiary/aromatic N) is 1. The van der Waals surface area contributed by atoms with Gasteiger partial charge in [0.05, 0.1) is 5.52 Å². The fraction of sp³-hybridized carbons (Fsp3) is 0.125. The molecule has 0 radical (unpaired) electrons. The van der Waals surface area contributed by atoms with Gasteiger partial charge in [0, 0.05) is 23.2 Å². The molecular formula is C24H21NO2. The summed E-state index contributed by atoms with van der Waals surface area (Å²) in [6, 6.07) is 25.2. The first-order valence-electron chi connectivity index (χ1n) is 9.14. The molecule has 0 bridgehead atoms. The van der Waals surface area contributed by atoms with Gasteiger partial charge in [-0.15, -0.1) is 0 Å². The second-order valence-corrected chi connectivity index (χ2v) is 6.49. The first-order valence-corrected chi connectivity index (χ1v) is 9.14. The zero-order chi connectivity index (χ0) is 18.8. The molecule has 0 atom stereocenters. The first-order chi connectivity index (χ1) is 13.2. The topological polar surface area (TPSA) is 31.2 Å². The van der Waals surface area contributed by atoms with Gasteiger partial charge in [-0.2, -0.15) is 0 Å². The third-order valence-corrected chi connectivity index (χ3v) is 4.87. The Balaban J connectivity index is 1.79. The lowest BCUT2D eigenvalue weighted by Gasteiger charge is -2.17. The summed E-state index contributed by atoms with van der Waals surface area (Å²) in [5.41, 5.74) is 3.70. The van der Waals surface area contributed by atoms with E-state index in [-0.39, 0.29) is 5.43 Å². The van der Waals surface area contributed by atoms with Crippen molar-refractivity contribution in [3.63, 3.8) is 0 Å². The standard InChI is InChI=1S/C24H21NO2/c1-3-25-17(2)23(24(26)21-11-7-8-12-22(21)25)18-13-15-20(16-14-18)27-19-9-5-4-6-10-19/h4-16H,3H2,1-2H3. The van der Waals surface area contributed by atoms with E-state index in [1.54, 1.807) is 0 Å². The summed E-state index contributed by atoms with van der Waals surface area (Å²) < 4.78 is 8.06. The normalized spacial score (nSPS) is 10.9. The molecule has 0 fully saturated rings. The number of benzene rings is 3. The summed E-state index contributed by atoms with van der Waals surface area (Å²) in [5.74, 6) is 1.54. The summed E-state index contributed by atoms with van der Waals surface area (Å²) >= 11 is 0. The van der Waals surface area contributed by atoms with Gasteiger partial charge in [0.1, 0.15) is 11.5 Å². The number of rotatable bonds is 4. The number of para-hydroxylation sites is 2. The molecule has 0 saturated carbocycles. The summed E-state index contributed by atoms with van der Waals surface area (Å²) in [5, 5.41) is 0.754. The minimum atomic E-state index is 0.0736. The van der Waals surface area contributed by atoms with Crippen LogP contribution in [0.2, 0.25) is 0 Å². The van der Waals surface area contributed by atoms with Crippen LogP contribution in [0.5, 0.6) is 11.5 Å². The van der Waals surface area contributed by atoms with Crippen LogP contribution >= 0.6 is 0 Å². The van der Waals surface area contributed by atoms with Gasteiger partial charge in [-0.1, -0.05) is 42.5 Å². The van der Waals surface area contributed by atoms with E-state index in [2.05, 4.69) is 11.5 Å². The minimum absolute atomic E-state index is 0.0736. The molecule has 0 aliphatic carbocycles. The van der Waals surface area contributed by atoms with Gasteiger partial charge < -0.3 is 9.30 Å². The Morgan fingerprint density at radius 3 is 2.15 bits per heavy atom. The number of hydrogen-bond donors (Lipinski definition) is 0. The molecule has 3 aromatic carbocycles. The fourth-order valence-corrected chi connectivity index (χ4v) is 3.58. The van der Waals surface area contributed by atoms with E-state index in [4.69, 9.17) is 4.74 Å². The molecular weight excluding hydrogens is 334 g/mol. The first kappa shape index (κ1) is 17.1. The highest BCUT2D eigenvalue weighted by molar-refractivity contribution is 5.85. The van der Waals surface area contributed by atoms with Crippen LogP contribution in [0.1, 0.15) is 12.6 Å². The van der Waals surface area contributed by atoms with E-state index in [1.165, 1.54) is 0 Å². The van der Waals surface area contributed by atoms with Crippen molar-refractivity contribution in [2.75, 3.05) is 0 Å². The molecule has 4 rings (SSSR count). The average Bonchev–Trinajstić information content (AvgIpc) is 2.71. The van der Waals surface area contributed by atoms with E-state index in [9.17, 15) is 4.79 Å². The highest BCUT2D eigenvalue weighted by Crippen LogP contribution is 2.28. The van der Waals surface area contributed by atoms with Gasteiger partial charge >= 0.3 is 0 Å². The number of pyridine rings is 1. The van der Waals surface area contributed by atoms with Crippen LogP contribution in [-0.4, -0.2) is 4.57 Å².